The van der Waals surface area contributed by atoms with E-state index in [-0.39, 0.29) is 0 Å². The molecule has 0 aliphatic heterocycles. The van der Waals surface area contributed by atoms with Crippen molar-refractivity contribution in [3.8, 4) is 23.0 Å². The van der Waals surface area contributed by atoms with Crippen LogP contribution in [-0.4, -0.2) is 44.5 Å². The molecule has 7 heteroatoms. The molecule has 0 radical (unpaired) electrons. The minimum absolute atomic E-state index is 0.670. The summed E-state index contributed by atoms with van der Waals surface area (Å²) in [6.07, 6.45) is 8.28. The summed E-state index contributed by atoms with van der Waals surface area (Å²) >= 11 is 0. The van der Waals surface area contributed by atoms with Crippen LogP contribution in [0.5, 0.6) is 23.0 Å². The highest BCUT2D eigenvalue weighted by molar-refractivity contribution is 6.93. The van der Waals surface area contributed by atoms with Crippen LogP contribution in [0.4, 0.5) is 0 Å². The van der Waals surface area contributed by atoms with E-state index >= 15 is 0 Å². The molecule has 0 spiro atoms. The number of aryl methyl sites for hydroxylation is 4. The molecule has 0 aliphatic carbocycles. The van der Waals surface area contributed by atoms with Crippen molar-refractivity contribution in [2.45, 2.75) is 107 Å². The maximum absolute atomic E-state index is 7.90. The second-order valence-corrected chi connectivity index (χ2v) is 19.0. The molecular formula is C44H62O5Si2. The van der Waals surface area contributed by atoms with E-state index in [9.17, 15) is 0 Å². The summed E-state index contributed by atoms with van der Waals surface area (Å²) in [6, 6.07) is 26.5. The van der Waals surface area contributed by atoms with E-state index in [2.05, 4.69) is 128 Å². The van der Waals surface area contributed by atoms with Crippen molar-refractivity contribution in [3.63, 3.8) is 0 Å². The minimum Gasteiger partial charge on any atom is -0.494 e. The number of unbranched alkanes of at least 4 members (excludes halogenated alkanes) is 4. The Morgan fingerprint density at radius 3 is 0.824 bits per heavy atom. The molecule has 4 rings (SSSR count). The van der Waals surface area contributed by atoms with Gasteiger partial charge in [-0.1, -0.05) is 102 Å². The average molecular weight is 727 g/mol. The minimum atomic E-state index is -2.50. The predicted octanol–water partition coefficient (Wildman–Crippen LogP) is 8.03. The Labute approximate surface area is 312 Å². The van der Waals surface area contributed by atoms with Gasteiger partial charge in [-0.2, -0.15) is 0 Å². The first-order valence-corrected chi connectivity index (χ1v) is 22.6. The highest BCUT2D eigenvalue weighted by Crippen LogP contribution is 2.22. The first-order valence-electron chi connectivity index (χ1n) is 19.4. The van der Waals surface area contributed by atoms with Gasteiger partial charge in [-0.05, 0) is 99.9 Å². The first kappa shape index (κ1) is 40.2. The number of rotatable bonds is 22. The molecular weight excluding hydrogens is 665 g/mol. The average Bonchev–Trinajstić information content (AvgIpc) is 3.11. The molecule has 0 aliphatic rings. The van der Waals surface area contributed by atoms with Crippen LogP contribution in [0.1, 0.15) is 101 Å². The summed E-state index contributed by atoms with van der Waals surface area (Å²) in [4.78, 5) is 0. The van der Waals surface area contributed by atoms with Crippen molar-refractivity contribution in [3.05, 3.63) is 95.1 Å². The van der Waals surface area contributed by atoms with Crippen molar-refractivity contribution in [2.75, 3.05) is 26.4 Å². The highest BCUT2D eigenvalue weighted by Gasteiger charge is 2.34. The molecule has 276 valence electrons. The van der Waals surface area contributed by atoms with Gasteiger partial charge in [0.15, 0.2) is 0 Å². The fraction of sp³-hybridized carbons (Fsp3) is 0.455. The lowest BCUT2D eigenvalue weighted by Gasteiger charge is -2.30. The Kier molecular flexibility index (Phi) is 16.7. The lowest BCUT2D eigenvalue weighted by Crippen LogP contribution is -2.57. The van der Waals surface area contributed by atoms with Crippen molar-refractivity contribution in [2.24, 2.45) is 0 Å². The van der Waals surface area contributed by atoms with Crippen molar-refractivity contribution in [1.29, 1.82) is 0 Å². The lowest BCUT2D eigenvalue weighted by molar-refractivity contribution is 0.309. The molecule has 5 nitrogen and oxygen atoms in total. The van der Waals surface area contributed by atoms with Gasteiger partial charge in [-0.25, -0.2) is 0 Å². The van der Waals surface area contributed by atoms with Crippen LogP contribution in [0, 0.1) is 27.7 Å². The smallest absolute Gasteiger partial charge is 0.236 e. The van der Waals surface area contributed by atoms with Gasteiger partial charge >= 0.3 is 0 Å². The quantitative estimate of drug-likeness (QED) is 0.0607. The van der Waals surface area contributed by atoms with Crippen LogP contribution in [0.2, 0.25) is 0 Å². The summed E-state index contributed by atoms with van der Waals surface area (Å²) in [6.45, 7) is 20.0. The summed E-state index contributed by atoms with van der Waals surface area (Å²) in [5, 5.41) is 4.55. The van der Waals surface area contributed by atoms with Gasteiger partial charge in [0.05, 0.1) is 26.4 Å². The molecule has 4 aromatic rings. The van der Waals surface area contributed by atoms with Gasteiger partial charge < -0.3 is 23.1 Å². The maximum atomic E-state index is 7.90. The van der Waals surface area contributed by atoms with Crippen molar-refractivity contribution in [1.82, 2.24) is 0 Å². The Morgan fingerprint density at radius 1 is 0.373 bits per heavy atom. The van der Waals surface area contributed by atoms with E-state index in [1.54, 1.807) is 0 Å². The zero-order chi connectivity index (χ0) is 36.6. The number of benzene rings is 4. The van der Waals surface area contributed by atoms with Crippen LogP contribution < -0.4 is 39.7 Å². The number of hydrogen-bond acceptors (Lipinski definition) is 5. The molecule has 0 fully saturated rings. The fourth-order valence-electron chi connectivity index (χ4n) is 6.00. The van der Waals surface area contributed by atoms with Crippen LogP contribution in [0.15, 0.2) is 72.8 Å². The lowest BCUT2D eigenvalue weighted by atomic mass is 10.2. The molecule has 0 N–H and O–H groups in total. The summed E-state index contributed by atoms with van der Waals surface area (Å²) in [5.74, 6) is 3.67. The van der Waals surface area contributed by atoms with Crippen LogP contribution >= 0.6 is 0 Å². The molecule has 0 atom stereocenters. The Hall–Kier alpha value is -3.53. The monoisotopic (exact) mass is 726 g/mol. The Balaban J connectivity index is 1.99. The third-order valence-electron chi connectivity index (χ3n) is 9.10. The van der Waals surface area contributed by atoms with Gasteiger partial charge in [0.1, 0.15) is 23.0 Å². The molecule has 51 heavy (non-hydrogen) atoms. The topological polar surface area (TPSA) is 46.2 Å². The van der Waals surface area contributed by atoms with Crippen LogP contribution in [-0.2, 0) is 4.12 Å². The fourth-order valence-corrected chi connectivity index (χ4v) is 12.9. The third kappa shape index (κ3) is 11.7. The highest BCUT2D eigenvalue weighted by atomic mass is 28.4. The first-order chi connectivity index (χ1) is 24.8. The van der Waals surface area contributed by atoms with E-state index in [1.165, 1.54) is 22.3 Å². The molecule has 0 aromatic heterocycles. The molecule has 0 saturated carbocycles. The van der Waals surface area contributed by atoms with Gasteiger partial charge in [-0.3, -0.25) is 0 Å². The van der Waals surface area contributed by atoms with E-state index in [1.807, 2.05) is 0 Å². The Bertz CT molecular complexity index is 1420. The third-order valence-corrected chi connectivity index (χ3v) is 15.4. The summed E-state index contributed by atoms with van der Waals surface area (Å²) < 4.78 is 34.3. The van der Waals surface area contributed by atoms with Crippen LogP contribution in [0.3, 0.4) is 0 Å². The van der Waals surface area contributed by atoms with E-state index in [0.29, 0.717) is 26.4 Å². The van der Waals surface area contributed by atoms with Crippen molar-refractivity contribution < 1.29 is 23.1 Å². The van der Waals surface area contributed by atoms with Gasteiger partial charge in [0.25, 0.3) is 0 Å². The molecule has 0 heterocycles. The molecule has 0 saturated heterocycles. The van der Waals surface area contributed by atoms with Crippen molar-refractivity contribution >= 4 is 38.8 Å². The van der Waals surface area contributed by atoms with E-state index in [4.69, 9.17) is 23.1 Å². The number of ether oxygens (including phenoxy) is 4. The summed E-state index contributed by atoms with van der Waals surface area (Å²) in [5.41, 5.74) is 4.69. The number of hydrogen-bond donors (Lipinski definition) is 0. The SMILES string of the molecule is CCCCOc1cc(C)ccc1[SiH](O[SiH](c1ccc(C)cc1OCCCC)c1ccc(C)cc1OCCCC)c1ccc(C)cc1OCCCC. The normalized spacial score (nSPS) is 11.3. The molecule has 4 aromatic carbocycles. The zero-order valence-corrected chi connectivity index (χ0v) is 34.9. The van der Waals surface area contributed by atoms with Gasteiger partial charge in [0, 0.05) is 20.7 Å². The van der Waals surface area contributed by atoms with Crippen LogP contribution in [0.25, 0.3) is 0 Å². The van der Waals surface area contributed by atoms with Gasteiger partial charge in [0.2, 0.25) is 18.1 Å². The standard InChI is InChI=1S/C44H62O5Si2/c1-9-13-25-45-37-29-33(5)17-21-41(37)50(42-22-18-34(6)30-38(42)46-26-14-10-2)49-51(43-23-19-35(7)31-39(43)47-27-15-11-3)44-24-20-36(8)32-40(44)48-28-16-12-4/h17-24,29-32,50-51H,9-16,25-28H2,1-8H3. The largest absolute Gasteiger partial charge is 0.494 e. The summed E-state index contributed by atoms with van der Waals surface area (Å²) in [7, 11) is -5.01. The second kappa shape index (κ2) is 21.1. The molecule has 0 amide bonds. The second-order valence-electron chi connectivity index (χ2n) is 13.9. The maximum Gasteiger partial charge on any atom is 0.236 e. The Morgan fingerprint density at radius 2 is 0.608 bits per heavy atom. The predicted molar refractivity (Wildman–Crippen MR) is 220 cm³/mol. The molecule has 0 unspecified atom stereocenters. The zero-order valence-electron chi connectivity index (χ0n) is 32.6. The van der Waals surface area contributed by atoms with Gasteiger partial charge in [-0.15, -0.1) is 0 Å². The molecule has 0 bridgehead atoms. The van der Waals surface area contributed by atoms with E-state index in [0.717, 1.165) is 95.1 Å². The van der Waals surface area contributed by atoms with E-state index < -0.39 is 18.1 Å².